The van der Waals surface area contributed by atoms with Crippen LogP contribution in [0.3, 0.4) is 0 Å². The molecule has 130 valence electrons. The first-order valence-corrected chi connectivity index (χ1v) is 7.90. The molecule has 1 aromatic rings. The Morgan fingerprint density at radius 3 is 2.46 bits per heavy atom. The number of carbonyl (C=O) groups is 2. The molecular formula is C17H19FO6. The fourth-order valence-corrected chi connectivity index (χ4v) is 3.62. The van der Waals surface area contributed by atoms with Crippen LogP contribution in [0.4, 0.5) is 4.39 Å². The number of carboxylic acids is 1. The van der Waals surface area contributed by atoms with Gasteiger partial charge < -0.3 is 19.3 Å². The van der Waals surface area contributed by atoms with Gasteiger partial charge in [-0.1, -0.05) is 0 Å². The number of carbonyl (C=O) groups excluding carboxylic acids is 1. The van der Waals surface area contributed by atoms with Crippen LogP contribution in [0.25, 0.3) is 0 Å². The van der Waals surface area contributed by atoms with Gasteiger partial charge in [0.2, 0.25) is 0 Å². The van der Waals surface area contributed by atoms with Gasteiger partial charge >= 0.3 is 11.9 Å². The zero-order valence-corrected chi connectivity index (χ0v) is 13.5. The highest BCUT2D eigenvalue weighted by atomic mass is 19.1. The lowest BCUT2D eigenvalue weighted by molar-refractivity contribution is -0.145. The number of fused-ring (bicyclic) bond motifs is 1. The molecular weight excluding hydrogens is 319 g/mol. The molecule has 2 aliphatic carbocycles. The topological polar surface area (TPSA) is 82.1 Å². The lowest BCUT2D eigenvalue weighted by Crippen LogP contribution is -2.20. The molecule has 6 nitrogen and oxygen atoms in total. The minimum atomic E-state index is -1.21. The van der Waals surface area contributed by atoms with Gasteiger partial charge in [-0.3, -0.25) is 4.79 Å². The van der Waals surface area contributed by atoms with Crippen molar-refractivity contribution in [1.29, 1.82) is 0 Å². The Balaban J connectivity index is 1.66. The van der Waals surface area contributed by atoms with E-state index in [4.69, 9.17) is 19.3 Å². The fraction of sp³-hybridized carbons (Fsp3) is 0.529. The SMILES string of the molecule is CCOC(=O)[C@H]1[C@@H]2C[C@@H](Oc3cc(C(=O)O)c(OC)cc3F)C[C@@H]21. The third kappa shape index (κ3) is 2.90. The van der Waals surface area contributed by atoms with E-state index >= 15 is 0 Å². The first-order valence-electron chi connectivity index (χ1n) is 7.90. The summed E-state index contributed by atoms with van der Waals surface area (Å²) in [5.41, 5.74) is -0.151. The van der Waals surface area contributed by atoms with Crippen LogP contribution < -0.4 is 9.47 Å². The highest BCUT2D eigenvalue weighted by Gasteiger charge is 2.61. The van der Waals surface area contributed by atoms with E-state index in [-0.39, 0.29) is 46.9 Å². The number of esters is 1. The molecule has 0 unspecified atom stereocenters. The van der Waals surface area contributed by atoms with Crippen molar-refractivity contribution in [2.24, 2.45) is 17.8 Å². The molecule has 7 heteroatoms. The van der Waals surface area contributed by atoms with Crippen LogP contribution in [0.5, 0.6) is 11.5 Å². The van der Waals surface area contributed by atoms with Gasteiger partial charge in [0.25, 0.3) is 0 Å². The van der Waals surface area contributed by atoms with E-state index in [1.165, 1.54) is 7.11 Å². The van der Waals surface area contributed by atoms with Crippen molar-refractivity contribution in [3.05, 3.63) is 23.5 Å². The fourth-order valence-electron chi connectivity index (χ4n) is 3.62. The number of benzene rings is 1. The number of rotatable bonds is 6. The second-order valence-corrected chi connectivity index (χ2v) is 6.10. The molecule has 0 heterocycles. The molecule has 24 heavy (non-hydrogen) atoms. The second kappa shape index (κ2) is 6.30. The Kier molecular flexibility index (Phi) is 4.34. The summed E-state index contributed by atoms with van der Waals surface area (Å²) >= 11 is 0. The monoisotopic (exact) mass is 338 g/mol. The van der Waals surface area contributed by atoms with Crippen molar-refractivity contribution >= 4 is 11.9 Å². The molecule has 0 saturated heterocycles. The van der Waals surface area contributed by atoms with Gasteiger partial charge in [-0.05, 0) is 31.6 Å². The van der Waals surface area contributed by atoms with E-state index < -0.39 is 11.8 Å². The number of carboxylic acid groups (broad SMARTS) is 1. The zero-order chi connectivity index (χ0) is 17.4. The molecule has 0 amide bonds. The summed E-state index contributed by atoms with van der Waals surface area (Å²) in [6.07, 6.45) is 1.06. The van der Waals surface area contributed by atoms with Crippen molar-refractivity contribution in [2.75, 3.05) is 13.7 Å². The molecule has 2 saturated carbocycles. The molecule has 4 atom stereocenters. The largest absolute Gasteiger partial charge is 0.496 e. The maximum Gasteiger partial charge on any atom is 0.339 e. The van der Waals surface area contributed by atoms with Crippen molar-refractivity contribution in [2.45, 2.75) is 25.9 Å². The number of methoxy groups -OCH3 is 1. The Bertz CT molecular complexity index is 661. The molecule has 1 aromatic carbocycles. The van der Waals surface area contributed by atoms with Crippen LogP contribution >= 0.6 is 0 Å². The van der Waals surface area contributed by atoms with Crippen LogP contribution in [0.2, 0.25) is 0 Å². The van der Waals surface area contributed by atoms with Gasteiger partial charge in [0.1, 0.15) is 11.3 Å². The number of halogens is 1. The maximum absolute atomic E-state index is 14.1. The molecule has 2 fully saturated rings. The van der Waals surface area contributed by atoms with E-state index in [0.29, 0.717) is 19.4 Å². The predicted octanol–water partition coefficient (Wildman–Crippen LogP) is 2.50. The molecule has 3 rings (SSSR count). The van der Waals surface area contributed by atoms with E-state index in [0.717, 1.165) is 12.1 Å². The van der Waals surface area contributed by atoms with Crippen molar-refractivity contribution in [1.82, 2.24) is 0 Å². The van der Waals surface area contributed by atoms with Gasteiger partial charge in [0, 0.05) is 12.1 Å². The van der Waals surface area contributed by atoms with Gasteiger partial charge in [-0.15, -0.1) is 0 Å². The summed E-state index contributed by atoms with van der Waals surface area (Å²) in [6, 6.07) is 2.15. The number of hydrogen-bond donors (Lipinski definition) is 1. The summed E-state index contributed by atoms with van der Waals surface area (Å²) in [7, 11) is 1.28. The average molecular weight is 338 g/mol. The minimum Gasteiger partial charge on any atom is -0.496 e. The normalized spacial score (nSPS) is 27.3. The molecule has 0 aliphatic heterocycles. The highest BCUT2D eigenvalue weighted by molar-refractivity contribution is 5.91. The summed E-state index contributed by atoms with van der Waals surface area (Å²) < 4.78 is 29.6. The first-order chi connectivity index (χ1) is 11.5. The van der Waals surface area contributed by atoms with Crippen LogP contribution in [0, 0.1) is 23.6 Å². The molecule has 0 radical (unpaired) electrons. The predicted molar refractivity (Wildman–Crippen MR) is 80.7 cm³/mol. The number of ether oxygens (including phenoxy) is 3. The maximum atomic E-state index is 14.1. The van der Waals surface area contributed by atoms with Crippen LogP contribution in [0.1, 0.15) is 30.1 Å². The number of hydrogen-bond acceptors (Lipinski definition) is 5. The van der Waals surface area contributed by atoms with Crippen LogP contribution in [0.15, 0.2) is 12.1 Å². The quantitative estimate of drug-likeness (QED) is 0.803. The second-order valence-electron chi connectivity index (χ2n) is 6.10. The summed E-state index contributed by atoms with van der Waals surface area (Å²) in [4.78, 5) is 22.9. The Hall–Kier alpha value is -2.31. The van der Waals surface area contributed by atoms with Gasteiger partial charge in [0.15, 0.2) is 11.6 Å². The van der Waals surface area contributed by atoms with Gasteiger partial charge in [-0.25, -0.2) is 9.18 Å². The van der Waals surface area contributed by atoms with Crippen molar-refractivity contribution in [3.63, 3.8) is 0 Å². The molecule has 0 spiro atoms. The highest BCUT2D eigenvalue weighted by Crippen LogP contribution is 2.58. The van der Waals surface area contributed by atoms with Gasteiger partial charge in [0.05, 0.1) is 25.7 Å². The molecule has 1 N–H and O–H groups in total. The third-order valence-electron chi connectivity index (χ3n) is 4.74. The lowest BCUT2D eigenvalue weighted by atomic mass is 10.1. The molecule has 2 aliphatic rings. The van der Waals surface area contributed by atoms with Crippen LogP contribution in [-0.2, 0) is 9.53 Å². The van der Waals surface area contributed by atoms with E-state index in [1.54, 1.807) is 6.92 Å². The molecule has 0 aromatic heterocycles. The van der Waals surface area contributed by atoms with Gasteiger partial charge in [-0.2, -0.15) is 0 Å². The van der Waals surface area contributed by atoms with E-state index in [9.17, 15) is 14.0 Å². The third-order valence-corrected chi connectivity index (χ3v) is 4.74. The Morgan fingerprint density at radius 2 is 1.92 bits per heavy atom. The summed E-state index contributed by atoms with van der Waals surface area (Å²) in [5, 5.41) is 9.16. The Labute approximate surface area is 138 Å². The lowest BCUT2D eigenvalue weighted by Gasteiger charge is -2.18. The summed E-state index contributed by atoms with van der Waals surface area (Å²) in [6.45, 7) is 2.14. The molecule has 0 bridgehead atoms. The summed E-state index contributed by atoms with van der Waals surface area (Å²) in [5.74, 6) is -1.85. The van der Waals surface area contributed by atoms with Crippen molar-refractivity contribution < 1.29 is 33.3 Å². The van der Waals surface area contributed by atoms with E-state index in [1.807, 2.05) is 0 Å². The minimum absolute atomic E-state index is 0.0519. The van der Waals surface area contributed by atoms with Crippen molar-refractivity contribution in [3.8, 4) is 11.5 Å². The Morgan fingerprint density at radius 1 is 1.25 bits per heavy atom. The van der Waals surface area contributed by atoms with Crippen LogP contribution in [-0.4, -0.2) is 36.9 Å². The standard InChI is InChI=1S/C17H19FO6/c1-3-23-17(21)15-9-4-8(5-10(9)15)24-14-6-11(16(19)20)13(22-2)7-12(14)18/h6-10,15H,3-5H2,1-2H3,(H,19,20)/t8-,9-,10+,15+. The van der Waals surface area contributed by atoms with E-state index in [2.05, 4.69) is 0 Å². The smallest absolute Gasteiger partial charge is 0.339 e. The number of aromatic carboxylic acids is 1. The first kappa shape index (κ1) is 16.5. The average Bonchev–Trinajstić information content (AvgIpc) is 3.05. The zero-order valence-electron chi connectivity index (χ0n) is 13.5.